The minimum Gasteiger partial charge on any atom is -0.375 e. The summed E-state index contributed by atoms with van der Waals surface area (Å²) in [5.41, 5.74) is -4.08. The third-order valence-electron chi connectivity index (χ3n) is 4.50. The standard InChI is InChI=1S/C22H14F3IO4S/c1-3-13-9-17(19(21(26)27)10-14(13)4-2)18-11-15-7-5-6-8-16(15)12-20(18)30-31(28,29)22(23,24)25/h3-12H,1-2H2. The van der Waals surface area contributed by atoms with E-state index in [-0.39, 0.29) is 16.7 Å². The summed E-state index contributed by atoms with van der Waals surface area (Å²) < 4.78 is 66.6. The van der Waals surface area contributed by atoms with E-state index >= 15 is 0 Å². The summed E-state index contributed by atoms with van der Waals surface area (Å²) in [6.07, 6.45) is 3.01. The Kier molecular flexibility index (Phi) is 6.28. The van der Waals surface area contributed by atoms with Gasteiger partial charge < -0.3 is 4.18 Å². The van der Waals surface area contributed by atoms with Crippen molar-refractivity contribution in [3.05, 3.63) is 78.4 Å². The van der Waals surface area contributed by atoms with Crippen LogP contribution >= 0.6 is 22.6 Å². The molecule has 3 aromatic rings. The number of alkyl halides is 3. The maximum Gasteiger partial charge on any atom is 0.534 e. The highest BCUT2D eigenvalue weighted by Gasteiger charge is 2.49. The predicted molar refractivity (Wildman–Crippen MR) is 124 cm³/mol. The number of halogens is 4. The minimum absolute atomic E-state index is 0.0188. The van der Waals surface area contributed by atoms with Crippen molar-refractivity contribution in [1.82, 2.24) is 0 Å². The lowest BCUT2D eigenvalue weighted by atomic mass is 9.92. The Bertz CT molecular complexity index is 1330. The van der Waals surface area contributed by atoms with Gasteiger partial charge in [-0.1, -0.05) is 49.6 Å². The van der Waals surface area contributed by atoms with E-state index in [9.17, 15) is 26.4 Å². The molecule has 0 heterocycles. The van der Waals surface area contributed by atoms with Crippen molar-refractivity contribution < 1.29 is 30.6 Å². The molecule has 0 unspecified atom stereocenters. The Balaban J connectivity index is 2.40. The van der Waals surface area contributed by atoms with E-state index in [4.69, 9.17) is 0 Å². The largest absolute Gasteiger partial charge is 0.534 e. The van der Waals surface area contributed by atoms with Gasteiger partial charge in [0.05, 0.1) is 0 Å². The first-order chi connectivity index (χ1) is 14.5. The summed E-state index contributed by atoms with van der Waals surface area (Å²) in [6.45, 7) is 7.39. The van der Waals surface area contributed by atoms with E-state index in [1.54, 1.807) is 46.9 Å². The van der Waals surface area contributed by atoms with Gasteiger partial charge in [-0.05, 0) is 51.7 Å². The zero-order valence-electron chi connectivity index (χ0n) is 15.7. The number of hydrogen-bond acceptors (Lipinski definition) is 4. The summed E-state index contributed by atoms with van der Waals surface area (Å²) >= 11 is 1.55. The molecule has 9 heteroatoms. The van der Waals surface area contributed by atoms with Gasteiger partial charge in [0.25, 0.3) is 0 Å². The van der Waals surface area contributed by atoms with Crippen LogP contribution in [-0.4, -0.2) is 17.7 Å². The molecule has 3 rings (SSSR count). The topological polar surface area (TPSA) is 60.4 Å². The van der Waals surface area contributed by atoms with Crippen LogP contribution in [0.25, 0.3) is 34.1 Å². The Morgan fingerprint density at radius 1 is 0.935 bits per heavy atom. The molecular formula is C22H14F3IO4S. The lowest BCUT2D eigenvalue weighted by Gasteiger charge is -2.17. The summed E-state index contributed by atoms with van der Waals surface area (Å²) in [4.78, 5) is 12.3. The van der Waals surface area contributed by atoms with Crippen LogP contribution in [0.4, 0.5) is 13.2 Å². The predicted octanol–water partition coefficient (Wildman–Crippen LogP) is 6.60. The van der Waals surface area contributed by atoms with Crippen molar-refractivity contribution in [2.24, 2.45) is 0 Å². The van der Waals surface area contributed by atoms with Gasteiger partial charge in [-0.15, -0.1) is 0 Å². The van der Waals surface area contributed by atoms with E-state index in [1.165, 1.54) is 36.4 Å². The molecule has 4 nitrogen and oxygen atoms in total. The van der Waals surface area contributed by atoms with Gasteiger partial charge in [0.2, 0.25) is 3.79 Å². The first kappa shape index (κ1) is 23.0. The van der Waals surface area contributed by atoms with Crippen molar-refractivity contribution in [3.63, 3.8) is 0 Å². The molecule has 0 saturated heterocycles. The van der Waals surface area contributed by atoms with Crippen LogP contribution in [0.15, 0.2) is 61.7 Å². The third-order valence-corrected chi connectivity index (χ3v) is 6.04. The molecule has 160 valence electrons. The fourth-order valence-corrected chi connectivity index (χ4v) is 3.95. The smallest absolute Gasteiger partial charge is 0.375 e. The van der Waals surface area contributed by atoms with Crippen molar-refractivity contribution >= 4 is 59.4 Å². The molecule has 0 spiro atoms. The fraction of sp³-hybridized carbons (Fsp3) is 0.0455. The van der Waals surface area contributed by atoms with Gasteiger partial charge >= 0.3 is 15.6 Å². The highest BCUT2D eigenvalue weighted by molar-refractivity contribution is 14.1. The van der Waals surface area contributed by atoms with Crippen LogP contribution < -0.4 is 4.18 Å². The summed E-state index contributed by atoms with van der Waals surface area (Å²) in [6, 6.07) is 12.4. The molecule has 3 aromatic carbocycles. The first-order valence-corrected chi connectivity index (χ1v) is 11.1. The second kappa shape index (κ2) is 8.46. The quantitative estimate of drug-likeness (QED) is 0.148. The summed E-state index contributed by atoms with van der Waals surface area (Å²) in [5, 5.41) is 1.08. The number of hydrogen-bond donors (Lipinski definition) is 0. The summed E-state index contributed by atoms with van der Waals surface area (Å²) in [5.74, 6) is -0.545. The molecule has 31 heavy (non-hydrogen) atoms. The van der Waals surface area contributed by atoms with Crippen LogP contribution in [0.1, 0.15) is 21.5 Å². The number of carbonyl (C=O) groups is 1. The molecule has 0 aromatic heterocycles. The van der Waals surface area contributed by atoms with Crippen LogP contribution in [0.2, 0.25) is 0 Å². The van der Waals surface area contributed by atoms with E-state index in [1.807, 2.05) is 0 Å². The van der Waals surface area contributed by atoms with Crippen molar-refractivity contribution in [2.45, 2.75) is 5.51 Å². The van der Waals surface area contributed by atoms with E-state index in [0.29, 0.717) is 21.9 Å². The second-order valence-corrected chi connectivity index (χ2v) is 8.90. The lowest BCUT2D eigenvalue weighted by molar-refractivity contribution is -0.0499. The molecule has 0 N–H and O–H groups in total. The SMILES string of the molecule is C=Cc1cc(C(=O)I)c(-c2cc3ccccc3cc2OS(=O)(=O)C(F)(F)F)cc1C=C. The van der Waals surface area contributed by atoms with Gasteiger partial charge in [0.1, 0.15) is 0 Å². The Hall–Kier alpha value is -2.66. The second-order valence-electron chi connectivity index (χ2n) is 6.39. The third kappa shape index (κ3) is 4.52. The van der Waals surface area contributed by atoms with E-state index in [2.05, 4.69) is 17.3 Å². The van der Waals surface area contributed by atoms with Crippen LogP contribution in [0.3, 0.4) is 0 Å². The Morgan fingerprint density at radius 2 is 1.48 bits per heavy atom. The van der Waals surface area contributed by atoms with Crippen LogP contribution in [-0.2, 0) is 10.1 Å². The zero-order chi connectivity index (χ0) is 23.0. The maximum absolute atomic E-state index is 13.0. The monoisotopic (exact) mass is 558 g/mol. The highest BCUT2D eigenvalue weighted by Crippen LogP contribution is 2.40. The fourth-order valence-electron chi connectivity index (χ4n) is 3.04. The number of fused-ring (bicyclic) bond motifs is 1. The molecular weight excluding hydrogens is 544 g/mol. The van der Waals surface area contributed by atoms with Gasteiger partial charge in [-0.2, -0.15) is 21.6 Å². The van der Waals surface area contributed by atoms with Crippen LogP contribution in [0.5, 0.6) is 5.75 Å². The number of rotatable bonds is 6. The first-order valence-electron chi connectivity index (χ1n) is 8.65. The molecule has 0 aliphatic rings. The van der Waals surface area contributed by atoms with Crippen molar-refractivity contribution in [1.29, 1.82) is 0 Å². The Morgan fingerprint density at radius 3 is 2.00 bits per heavy atom. The van der Waals surface area contributed by atoms with E-state index in [0.717, 1.165) is 0 Å². The van der Waals surface area contributed by atoms with Crippen molar-refractivity contribution in [2.75, 3.05) is 0 Å². The minimum atomic E-state index is -5.93. The van der Waals surface area contributed by atoms with Gasteiger partial charge in [-0.3, -0.25) is 4.79 Å². The Labute approximate surface area is 190 Å². The molecule has 0 fully saturated rings. The van der Waals surface area contributed by atoms with Gasteiger partial charge in [0, 0.05) is 33.7 Å². The summed E-state index contributed by atoms with van der Waals surface area (Å²) in [7, 11) is -5.93. The van der Waals surface area contributed by atoms with Crippen molar-refractivity contribution in [3.8, 4) is 16.9 Å². The maximum atomic E-state index is 13.0. The molecule has 0 amide bonds. The molecule has 0 radical (unpaired) electrons. The molecule has 0 aliphatic heterocycles. The van der Waals surface area contributed by atoms with Gasteiger partial charge in [-0.25, -0.2) is 0 Å². The normalized spacial score (nSPS) is 11.9. The van der Waals surface area contributed by atoms with Crippen LogP contribution in [0, 0.1) is 0 Å². The zero-order valence-corrected chi connectivity index (χ0v) is 18.7. The highest BCUT2D eigenvalue weighted by atomic mass is 127. The number of benzene rings is 3. The van der Waals surface area contributed by atoms with Gasteiger partial charge in [0.15, 0.2) is 5.75 Å². The average Bonchev–Trinajstić information content (AvgIpc) is 2.71. The molecule has 0 bridgehead atoms. The number of carbonyl (C=O) groups excluding carboxylic acids is 1. The molecule has 0 saturated carbocycles. The molecule has 0 atom stereocenters. The lowest BCUT2D eigenvalue weighted by Crippen LogP contribution is -2.28. The average molecular weight is 558 g/mol. The molecule has 0 aliphatic carbocycles. The van der Waals surface area contributed by atoms with E-state index < -0.39 is 25.2 Å².